The first-order chi connectivity index (χ1) is 8.85. The number of pyridine rings is 1. The number of hydrogen-bond donors (Lipinski definition) is 1. The van der Waals surface area contributed by atoms with Crippen molar-refractivity contribution in [1.82, 2.24) is 4.98 Å². The van der Waals surface area contributed by atoms with Crippen molar-refractivity contribution in [3.63, 3.8) is 0 Å². The van der Waals surface area contributed by atoms with Crippen LogP contribution in [0.4, 0.5) is 0 Å². The smallest absolute Gasteiger partial charge is 0.156 e. The van der Waals surface area contributed by atoms with Crippen LogP contribution < -0.4 is 0 Å². The molecule has 0 aliphatic heterocycles. The van der Waals surface area contributed by atoms with Crippen molar-refractivity contribution >= 4 is 10.9 Å². The van der Waals surface area contributed by atoms with Gasteiger partial charge in [0.05, 0.1) is 11.1 Å². The van der Waals surface area contributed by atoms with Crippen molar-refractivity contribution < 1.29 is 5.11 Å². The first-order valence-electron chi connectivity index (χ1n) is 5.75. The molecule has 0 amide bonds. The Morgan fingerprint density at radius 1 is 1.28 bits per heavy atom. The standard InChI is InChI=1S/C15H12N2O/c16-11-15-13(6-2-1-5-9-18)10-12-7-3-4-8-14(12)17-15/h3-4,7-8,10,18H,1,5,9H2. The van der Waals surface area contributed by atoms with E-state index in [9.17, 15) is 0 Å². The van der Waals surface area contributed by atoms with Crippen LogP contribution >= 0.6 is 0 Å². The largest absolute Gasteiger partial charge is 0.396 e. The highest BCUT2D eigenvalue weighted by Gasteiger charge is 2.03. The highest BCUT2D eigenvalue weighted by molar-refractivity contribution is 5.81. The minimum absolute atomic E-state index is 0.135. The number of fused-ring (bicyclic) bond motifs is 1. The van der Waals surface area contributed by atoms with Gasteiger partial charge in [0, 0.05) is 18.4 Å². The van der Waals surface area contributed by atoms with E-state index in [4.69, 9.17) is 10.4 Å². The molecule has 0 saturated carbocycles. The van der Waals surface area contributed by atoms with Gasteiger partial charge in [0.15, 0.2) is 5.69 Å². The molecule has 18 heavy (non-hydrogen) atoms. The zero-order valence-electron chi connectivity index (χ0n) is 9.85. The number of aliphatic hydroxyl groups excluding tert-OH is 1. The predicted molar refractivity (Wildman–Crippen MR) is 69.7 cm³/mol. The van der Waals surface area contributed by atoms with Crippen molar-refractivity contribution in [2.45, 2.75) is 12.8 Å². The fraction of sp³-hybridized carbons (Fsp3) is 0.200. The molecule has 0 unspecified atom stereocenters. The van der Waals surface area contributed by atoms with Crippen molar-refractivity contribution in [2.75, 3.05) is 6.61 Å². The van der Waals surface area contributed by atoms with Gasteiger partial charge in [-0.1, -0.05) is 30.0 Å². The first-order valence-corrected chi connectivity index (χ1v) is 5.75. The van der Waals surface area contributed by atoms with E-state index in [0.29, 0.717) is 24.1 Å². The summed E-state index contributed by atoms with van der Waals surface area (Å²) < 4.78 is 0. The van der Waals surface area contributed by atoms with Gasteiger partial charge in [0.2, 0.25) is 0 Å². The summed E-state index contributed by atoms with van der Waals surface area (Å²) in [6, 6.07) is 11.6. The number of unbranched alkanes of at least 4 members (excludes halogenated alkanes) is 1. The van der Waals surface area contributed by atoms with Crippen LogP contribution in [0.1, 0.15) is 24.1 Å². The lowest BCUT2D eigenvalue weighted by molar-refractivity contribution is 0.290. The number of nitrogens with zero attached hydrogens (tertiary/aromatic N) is 2. The zero-order chi connectivity index (χ0) is 12.8. The van der Waals surface area contributed by atoms with Crippen molar-refractivity contribution in [2.24, 2.45) is 0 Å². The Balaban J connectivity index is 2.42. The van der Waals surface area contributed by atoms with Crippen molar-refractivity contribution in [3.8, 4) is 17.9 Å². The third kappa shape index (κ3) is 2.66. The van der Waals surface area contributed by atoms with Crippen LogP contribution in [0.25, 0.3) is 10.9 Å². The molecular formula is C15H12N2O. The van der Waals surface area contributed by atoms with Gasteiger partial charge in [0.1, 0.15) is 6.07 Å². The lowest BCUT2D eigenvalue weighted by Gasteiger charge is -1.99. The van der Waals surface area contributed by atoms with E-state index in [1.165, 1.54) is 0 Å². The van der Waals surface area contributed by atoms with Crippen LogP contribution in [0.15, 0.2) is 30.3 Å². The number of benzene rings is 1. The van der Waals surface area contributed by atoms with Crippen LogP contribution in [0.5, 0.6) is 0 Å². The molecule has 1 aromatic heterocycles. The summed E-state index contributed by atoms with van der Waals surface area (Å²) in [6.45, 7) is 0.135. The Morgan fingerprint density at radius 3 is 2.89 bits per heavy atom. The van der Waals surface area contributed by atoms with E-state index in [0.717, 1.165) is 10.9 Å². The van der Waals surface area contributed by atoms with Gasteiger partial charge in [-0.15, -0.1) is 0 Å². The summed E-state index contributed by atoms with van der Waals surface area (Å²) >= 11 is 0. The van der Waals surface area contributed by atoms with E-state index in [1.807, 2.05) is 30.3 Å². The van der Waals surface area contributed by atoms with E-state index in [1.54, 1.807) is 0 Å². The fourth-order valence-corrected chi connectivity index (χ4v) is 1.62. The minimum atomic E-state index is 0.135. The van der Waals surface area contributed by atoms with E-state index in [-0.39, 0.29) is 6.61 Å². The molecular weight excluding hydrogens is 224 g/mol. The molecule has 1 heterocycles. The minimum Gasteiger partial charge on any atom is -0.396 e. The zero-order valence-corrected chi connectivity index (χ0v) is 9.85. The van der Waals surface area contributed by atoms with Crippen molar-refractivity contribution in [1.29, 1.82) is 5.26 Å². The second kappa shape index (κ2) is 5.82. The number of hydrogen-bond acceptors (Lipinski definition) is 3. The molecule has 0 spiro atoms. The van der Waals surface area contributed by atoms with Crippen molar-refractivity contribution in [3.05, 3.63) is 41.6 Å². The Hall–Kier alpha value is -2.36. The molecule has 1 N–H and O–H groups in total. The molecule has 0 aliphatic rings. The summed E-state index contributed by atoms with van der Waals surface area (Å²) in [4.78, 5) is 4.28. The predicted octanol–water partition coefficient (Wildman–Crippen LogP) is 2.23. The second-order valence-electron chi connectivity index (χ2n) is 3.82. The normalized spacial score (nSPS) is 9.56. The Bertz CT molecular complexity index is 659. The lowest BCUT2D eigenvalue weighted by Crippen LogP contribution is -1.90. The average molecular weight is 236 g/mol. The van der Waals surface area contributed by atoms with Gasteiger partial charge in [-0.2, -0.15) is 5.26 Å². The second-order valence-corrected chi connectivity index (χ2v) is 3.82. The maximum atomic E-state index is 9.06. The Kier molecular flexibility index (Phi) is 3.91. The molecule has 3 heteroatoms. The summed E-state index contributed by atoms with van der Waals surface area (Å²) in [5, 5.41) is 18.7. The van der Waals surface area contributed by atoms with E-state index < -0.39 is 0 Å². The number of aromatic nitrogens is 1. The van der Waals surface area contributed by atoms with Gasteiger partial charge < -0.3 is 5.11 Å². The van der Waals surface area contributed by atoms with Crippen LogP contribution in [-0.2, 0) is 0 Å². The van der Waals surface area contributed by atoms with Crippen LogP contribution in [0.3, 0.4) is 0 Å². The maximum absolute atomic E-state index is 9.06. The monoisotopic (exact) mass is 236 g/mol. The van der Waals surface area contributed by atoms with E-state index >= 15 is 0 Å². The summed E-state index contributed by atoms with van der Waals surface area (Å²) in [7, 11) is 0. The van der Waals surface area contributed by atoms with Crippen LogP contribution in [0, 0.1) is 23.2 Å². The third-order valence-corrected chi connectivity index (χ3v) is 2.51. The Morgan fingerprint density at radius 2 is 2.11 bits per heavy atom. The molecule has 2 aromatic rings. The highest BCUT2D eigenvalue weighted by atomic mass is 16.2. The highest BCUT2D eigenvalue weighted by Crippen LogP contribution is 2.15. The summed E-state index contributed by atoms with van der Waals surface area (Å²) in [6.07, 6.45) is 1.27. The van der Waals surface area contributed by atoms with Gasteiger partial charge in [0.25, 0.3) is 0 Å². The number of rotatable bonds is 2. The van der Waals surface area contributed by atoms with Crippen LogP contribution in [0.2, 0.25) is 0 Å². The van der Waals surface area contributed by atoms with E-state index in [2.05, 4.69) is 22.9 Å². The molecule has 0 bridgehead atoms. The molecule has 0 radical (unpaired) electrons. The molecule has 0 atom stereocenters. The summed E-state index contributed by atoms with van der Waals surface area (Å²) in [5.74, 6) is 5.89. The molecule has 88 valence electrons. The Labute approximate surface area is 106 Å². The number of nitriles is 1. The van der Waals surface area contributed by atoms with Crippen LogP contribution in [-0.4, -0.2) is 16.7 Å². The van der Waals surface area contributed by atoms with Gasteiger partial charge in [-0.05, 0) is 18.6 Å². The first kappa shape index (κ1) is 12.1. The summed E-state index contributed by atoms with van der Waals surface area (Å²) in [5.41, 5.74) is 1.80. The van der Waals surface area contributed by atoms with Gasteiger partial charge >= 0.3 is 0 Å². The number of para-hydroxylation sites is 1. The third-order valence-electron chi connectivity index (χ3n) is 2.51. The molecule has 1 aromatic carbocycles. The molecule has 3 nitrogen and oxygen atoms in total. The van der Waals surface area contributed by atoms with Gasteiger partial charge in [-0.3, -0.25) is 0 Å². The topological polar surface area (TPSA) is 56.9 Å². The molecule has 2 rings (SSSR count). The molecule has 0 aliphatic carbocycles. The SMILES string of the molecule is N#Cc1nc2ccccc2cc1C#CCCCO. The average Bonchev–Trinajstić information content (AvgIpc) is 2.42. The molecule has 0 saturated heterocycles. The maximum Gasteiger partial charge on any atom is 0.156 e. The quantitative estimate of drug-likeness (QED) is 0.642. The van der Waals surface area contributed by atoms with Gasteiger partial charge in [-0.25, -0.2) is 4.98 Å². The molecule has 0 fully saturated rings. The number of aliphatic hydroxyl groups is 1. The fourth-order valence-electron chi connectivity index (χ4n) is 1.62. The lowest BCUT2D eigenvalue weighted by atomic mass is 10.1.